The second-order valence-electron chi connectivity index (χ2n) is 11.0. The lowest BCUT2D eigenvalue weighted by molar-refractivity contribution is 0.659. The summed E-state index contributed by atoms with van der Waals surface area (Å²) in [7, 11) is 0. The highest BCUT2D eigenvalue weighted by atomic mass is 32.2. The largest absolute Gasteiger partial charge is 0.228 e. The molecule has 5 aromatic carbocycles. The average molecular weight is 563 g/mol. The summed E-state index contributed by atoms with van der Waals surface area (Å²) < 4.78 is 0. The number of nitrogens with zero attached hydrogens (tertiary/aromatic N) is 2. The van der Waals surface area contributed by atoms with Gasteiger partial charge in [-0.15, -0.1) is 0 Å². The lowest BCUT2D eigenvalue weighted by Crippen LogP contribution is -2.15. The average Bonchev–Trinajstić information content (AvgIpc) is 3.26. The van der Waals surface area contributed by atoms with Gasteiger partial charge >= 0.3 is 0 Å². The first-order chi connectivity index (χ1) is 20.1. The van der Waals surface area contributed by atoms with E-state index in [1.54, 1.807) is 0 Å². The topological polar surface area (TPSA) is 25.8 Å². The summed E-state index contributed by atoms with van der Waals surface area (Å²) in [5.41, 5.74) is 10.4. The van der Waals surface area contributed by atoms with Crippen molar-refractivity contribution in [3.63, 3.8) is 0 Å². The number of hydrogen-bond donors (Lipinski definition) is 0. The van der Waals surface area contributed by atoms with Crippen LogP contribution in [0.1, 0.15) is 25.0 Å². The molecule has 1 aliphatic carbocycles. The summed E-state index contributed by atoms with van der Waals surface area (Å²) in [5, 5.41) is 0. The molecule has 1 aliphatic heterocycles. The summed E-state index contributed by atoms with van der Waals surface area (Å²) in [6, 6.07) is 43.1. The fourth-order valence-corrected chi connectivity index (χ4v) is 8.44. The Morgan fingerprint density at radius 1 is 0.512 bits per heavy atom. The Morgan fingerprint density at radius 3 is 1.78 bits per heavy atom. The molecule has 0 fully saturated rings. The lowest BCUT2D eigenvalue weighted by atomic mass is 9.82. The Kier molecular flexibility index (Phi) is 5.70. The highest BCUT2D eigenvalue weighted by molar-refractivity contribution is 8.05. The molecule has 0 atom stereocenters. The smallest absolute Gasteiger partial charge is 0.160 e. The SMILES string of the molecule is CC1(C)c2cc(-c3nc(-c4ccccc4)cc(-c4ccccc4)n3)ccc2-c2c1ccc1c2Sc2ccccc2S1. The number of benzene rings is 5. The fraction of sp³-hybridized carbons (Fsp3) is 0.0811. The second kappa shape index (κ2) is 9.47. The van der Waals surface area contributed by atoms with E-state index in [1.807, 2.05) is 35.7 Å². The van der Waals surface area contributed by atoms with Crippen LogP contribution in [0.5, 0.6) is 0 Å². The molecular formula is C37H26N2S2. The molecule has 1 aromatic heterocycles. The molecule has 0 bridgehead atoms. The van der Waals surface area contributed by atoms with E-state index in [1.165, 1.54) is 41.8 Å². The standard InChI is InChI=1S/C37H26N2S2/c1-37(2)27-19-20-33-35(41-32-16-10-9-15-31(32)40-33)34(27)26-18-17-25(21-28(26)37)36-38-29(23-11-5-3-6-12-23)22-30(39-36)24-13-7-4-8-14-24/h3-22H,1-2H3. The molecule has 6 aromatic rings. The molecule has 2 heterocycles. The van der Waals surface area contributed by atoms with Crippen molar-refractivity contribution in [2.24, 2.45) is 0 Å². The van der Waals surface area contributed by atoms with Gasteiger partial charge in [-0.25, -0.2) is 9.97 Å². The van der Waals surface area contributed by atoms with Crippen molar-refractivity contribution in [2.45, 2.75) is 38.8 Å². The van der Waals surface area contributed by atoms with Crippen LogP contribution in [-0.4, -0.2) is 9.97 Å². The Balaban J connectivity index is 1.28. The number of fused-ring (bicyclic) bond motifs is 6. The number of rotatable bonds is 3. The molecule has 0 spiro atoms. The van der Waals surface area contributed by atoms with Crippen molar-refractivity contribution >= 4 is 23.5 Å². The monoisotopic (exact) mass is 562 g/mol. The van der Waals surface area contributed by atoms with E-state index in [0.29, 0.717) is 0 Å². The van der Waals surface area contributed by atoms with Crippen LogP contribution in [-0.2, 0) is 5.41 Å². The van der Waals surface area contributed by atoms with Crippen molar-refractivity contribution < 1.29 is 0 Å². The Hall–Kier alpha value is -4.12. The third kappa shape index (κ3) is 4.05. The van der Waals surface area contributed by atoms with Gasteiger partial charge in [0.2, 0.25) is 0 Å². The summed E-state index contributed by atoms with van der Waals surface area (Å²) in [6.45, 7) is 4.69. The minimum Gasteiger partial charge on any atom is -0.228 e. The van der Waals surface area contributed by atoms with Gasteiger partial charge in [0.25, 0.3) is 0 Å². The van der Waals surface area contributed by atoms with Crippen LogP contribution in [0.4, 0.5) is 0 Å². The van der Waals surface area contributed by atoms with Gasteiger partial charge in [-0.2, -0.15) is 0 Å². The molecule has 0 unspecified atom stereocenters. The second-order valence-corrected chi connectivity index (χ2v) is 13.2. The maximum absolute atomic E-state index is 5.10. The van der Waals surface area contributed by atoms with E-state index < -0.39 is 0 Å². The van der Waals surface area contributed by atoms with Crippen LogP contribution in [0.25, 0.3) is 45.0 Å². The summed E-state index contributed by atoms with van der Waals surface area (Å²) in [4.78, 5) is 15.6. The molecular weight excluding hydrogens is 537 g/mol. The van der Waals surface area contributed by atoms with Crippen LogP contribution in [0.15, 0.2) is 141 Å². The minimum atomic E-state index is -0.128. The van der Waals surface area contributed by atoms with Crippen LogP contribution in [0, 0.1) is 0 Å². The van der Waals surface area contributed by atoms with Crippen LogP contribution in [0.3, 0.4) is 0 Å². The van der Waals surface area contributed by atoms with Crippen LogP contribution in [0.2, 0.25) is 0 Å². The highest BCUT2D eigenvalue weighted by Crippen LogP contribution is 2.58. The Bertz CT molecular complexity index is 1910. The van der Waals surface area contributed by atoms with E-state index in [9.17, 15) is 0 Å². The molecule has 2 aliphatic rings. The van der Waals surface area contributed by atoms with Crippen molar-refractivity contribution in [1.82, 2.24) is 9.97 Å². The molecule has 0 saturated carbocycles. The van der Waals surface area contributed by atoms with E-state index >= 15 is 0 Å². The van der Waals surface area contributed by atoms with E-state index in [-0.39, 0.29) is 5.41 Å². The Morgan fingerprint density at radius 2 is 1.12 bits per heavy atom. The van der Waals surface area contributed by atoms with Gasteiger partial charge in [0.1, 0.15) is 0 Å². The van der Waals surface area contributed by atoms with Crippen molar-refractivity contribution in [3.05, 3.63) is 132 Å². The third-order valence-corrected chi connectivity index (χ3v) is 10.8. The molecule has 4 heteroatoms. The van der Waals surface area contributed by atoms with E-state index in [2.05, 4.69) is 123 Å². The third-order valence-electron chi connectivity index (χ3n) is 8.16. The van der Waals surface area contributed by atoms with Crippen LogP contribution < -0.4 is 0 Å². The maximum atomic E-state index is 5.10. The molecule has 0 saturated heterocycles. The van der Waals surface area contributed by atoms with Crippen molar-refractivity contribution in [1.29, 1.82) is 0 Å². The van der Waals surface area contributed by atoms with Gasteiger partial charge in [0.15, 0.2) is 5.82 Å². The summed E-state index contributed by atoms with van der Waals surface area (Å²) in [6.07, 6.45) is 0. The Labute approximate surface area is 248 Å². The van der Waals surface area contributed by atoms with Gasteiger partial charge in [-0.1, -0.05) is 128 Å². The molecule has 0 N–H and O–H groups in total. The fourth-order valence-electron chi connectivity index (χ4n) is 6.03. The normalized spacial score (nSPS) is 14.1. The predicted octanol–water partition coefficient (Wildman–Crippen LogP) is 10.4. The quantitative estimate of drug-likeness (QED) is 0.214. The predicted molar refractivity (Wildman–Crippen MR) is 171 cm³/mol. The van der Waals surface area contributed by atoms with Crippen molar-refractivity contribution in [2.75, 3.05) is 0 Å². The zero-order valence-corrected chi connectivity index (χ0v) is 24.4. The van der Waals surface area contributed by atoms with Gasteiger partial charge in [-0.05, 0) is 47.0 Å². The van der Waals surface area contributed by atoms with E-state index in [4.69, 9.17) is 9.97 Å². The zero-order chi connectivity index (χ0) is 27.6. The van der Waals surface area contributed by atoms with E-state index in [0.717, 1.165) is 33.9 Å². The minimum absolute atomic E-state index is 0.128. The van der Waals surface area contributed by atoms with Crippen molar-refractivity contribution in [3.8, 4) is 45.0 Å². The van der Waals surface area contributed by atoms with Gasteiger partial charge < -0.3 is 0 Å². The summed E-state index contributed by atoms with van der Waals surface area (Å²) >= 11 is 3.79. The van der Waals surface area contributed by atoms with Gasteiger partial charge in [0, 0.05) is 47.3 Å². The molecule has 41 heavy (non-hydrogen) atoms. The molecule has 8 rings (SSSR count). The summed E-state index contributed by atoms with van der Waals surface area (Å²) in [5.74, 6) is 0.751. The van der Waals surface area contributed by atoms with Crippen LogP contribution >= 0.6 is 23.5 Å². The van der Waals surface area contributed by atoms with Gasteiger partial charge in [-0.3, -0.25) is 0 Å². The number of aromatic nitrogens is 2. The maximum Gasteiger partial charge on any atom is 0.160 e. The first-order valence-corrected chi connectivity index (χ1v) is 15.5. The lowest BCUT2D eigenvalue weighted by Gasteiger charge is -2.24. The molecule has 2 nitrogen and oxygen atoms in total. The molecule has 0 radical (unpaired) electrons. The van der Waals surface area contributed by atoms with Gasteiger partial charge in [0.05, 0.1) is 11.4 Å². The first kappa shape index (κ1) is 24.7. The molecule has 196 valence electrons. The highest BCUT2D eigenvalue weighted by Gasteiger charge is 2.39. The zero-order valence-electron chi connectivity index (χ0n) is 22.8. The number of hydrogen-bond acceptors (Lipinski definition) is 4. The first-order valence-electron chi connectivity index (χ1n) is 13.8. The molecule has 0 amide bonds.